The van der Waals surface area contributed by atoms with Crippen molar-refractivity contribution in [2.45, 2.75) is 13.8 Å². The number of carbonyl (C=O) groups excluding carboxylic acids is 1. The number of benzene rings is 1. The molecule has 122 valence electrons. The van der Waals surface area contributed by atoms with E-state index in [1.165, 1.54) is 6.20 Å². The molecule has 1 N–H and O–H groups in total. The van der Waals surface area contributed by atoms with Crippen molar-refractivity contribution in [2.75, 3.05) is 6.61 Å². The quantitative estimate of drug-likeness (QED) is 0.736. The highest BCUT2D eigenvalue weighted by molar-refractivity contribution is 6.30. The number of halogens is 1. The molecule has 0 spiro atoms. The number of aromatic amines is 1. The highest BCUT2D eigenvalue weighted by atomic mass is 35.5. The van der Waals surface area contributed by atoms with Gasteiger partial charge < -0.3 is 9.72 Å². The number of nitrogens with zero attached hydrogens (tertiary/aromatic N) is 1. The molecule has 24 heavy (non-hydrogen) atoms. The summed E-state index contributed by atoms with van der Waals surface area (Å²) >= 11 is 5.96. The molecule has 5 nitrogen and oxygen atoms in total. The minimum Gasteiger partial charge on any atom is -0.462 e. The number of nitrogens with one attached hydrogen (secondary N) is 1. The van der Waals surface area contributed by atoms with Crippen LogP contribution in [-0.2, 0) is 4.74 Å². The van der Waals surface area contributed by atoms with Crippen molar-refractivity contribution < 1.29 is 9.53 Å². The lowest BCUT2D eigenvalue weighted by molar-refractivity contribution is 0.0526. The van der Waals surface area contributed by atoms with Gasteiger partial charge >= 0.3 is 5.97 Å². The van der Waals surface area contributed by atoms with Gasteiger partial charge in [0.1, 0.15) is 0 Å². The Morgan fingerprint density at radius 1 is 1.25 bits per heavy atom. The van der Waals surface area contributed by atoms with Crippen molar-refractivity contribution >= 4 is 28.5 Å². The van der Waals surface area contributed by atoms with E-state index >= 15 is 0 Å². The Morgan fingerprint density at radius 2 is 1.96 bits per heavy atom. The van der Waals surface area contributed by atoms with Crippen molar-refractivity contribution in [3.05, 3.63) is 63.2 Å². The number of aromatic nitrogens is 2. The molecular formula is C18H15ClN2O3. The van der Waals surface area contributed by atoms with Crippen LogP contribution in [0.5, 0.6) is 0 Å². The van der Waals surface area contributed by atoms with Crippen LogP contribution in [0, 0.1) is 6.92 Å². The Bertz CT molecular complexity index is 978. The Morgan fingerprint density at radius 3 is 2.62 bits per heavy atom. The second-order valence-corrected chi connectivity index (χ2v) is 5.68. The van der Waals surface area contributed by atoms with E-state index in [2.05, 4.69) is 9.97 Å². The van der Waals surface area contributed by atoms with Crippen LogP contribution < -0.4 is 5.56 Å². The molecule has 0 saturated carbocycles. The first-order valence-corrected chi connectivity index (χ1v) is 7.85. The maximum Gasteiger partial charge on any atom is 0.340 e. The molecule has 0 fully saturated rings. The molecule has 0 radical (unpaired) electrons. The first-order chi connectivity index (χ1) is 11.5. The minimum absolute atomic E-state index is 0.238. The van der Waals surface area contributed by atoms with Gasteiger partial charge in [-0.15, -0.1) is 0 Å². The molecule has 0 amide bonds. The summed E-state index contributed by atoms with van der Waals surface area (Å²) in [5, 5.41) is 0.925. The van der Waals surface area contributed by atoms with Gasteiger partial charge in [0.25, 0.3) is 5.56 Å². The fourth-order valence-electron chi connectivity index (χ4n) is 2.70. The van der Waals surface area contributed by atoms with Crippen molar-refractivity contribution in [1.82, 2.24) is 9.97 Å². The summed E-state index contributed by atoms with van der Waals surface area (Å²) in [6.45, 7) is 3.70. The average Bonchev–Trinajstić information content (AvgIpc) is 2.55. The molecule has 0 aliphatic heterocycles. The highest BCUT2D eigenvalue weighted by Gasteiger charge is 2.22. The lowest BCUT2D eigenvalue weighted by Gasteiger charge is -2.14. The Balaban J connectivity index is 2.45. The van der Waals surface area contributed by atoms with Crippen molar-refractivity contribution in [3.63, 3.8) is 0 Å². The summed E-state index contributed by atoms with van der Waals surface area (Å²) in [5.41, 5.74) is 2.23. The summed E-state index contributed by atoms with van der Waals surface area (Å²) in [5.74, 6) is -0.502. The molecule has 0 aliphatic carbocycles. The van der Waals surface area contributed by atoms with Gasteiger partial charge in [0, 0.05) is 16.8 Å². The highest BCUT2D eigenvalue weighted by Crippen LogP contribution is 2.32. The summed E-state index contributed by atoms with van der Waals surface area (Å²) < 4.78 is 5.17. The van der Waals surface area contributed by atoms with Crippen molar-refractivity contribution in [2.24, 2.45) is 0 Å². The fourth-order valence-corrected chi connectivity index (χ4v) is 2.83. The third kappa shape index (κ3) is 2.78. The van der Waals surface area contributed by atoms with Crippen LogP contribution in [0.4, 0.5) is 0 Å². The number of hydrogen-bond acceptors (Lipinski definition) is 4. The number of carbonyl (C=O) groups is 1. The zero-order chi connectivity index (χ0) is 17.3. The molecule has 0 atom stereocenters. The van der Waals surface area contributed by atoms with Crippen molar-refractivity contribution in [3.8, 4) is 11.1 Å². The lowest BCUT2D eigenvalue weighted by Crippen LogP contribution is -2.15. The number of fused-ring (bicyclic) bond motifs is 1. The van der Waals surface area contributed by atoms with E-state index in [0.717, 1.165) is 0 Å². The maximum absolute atomic E-state index is 12.5. The van der Waals surface area contributed by atoms with Gasteiger partial charge in [0.15, 0.2) is 0 Å². The van der Waals surface area contributed by atoms with E-state index in [-0.39, 0.29) is 12.2 Å². The third-order valence-electron chi connectivity index (χ3n) is 3.70. The van der Waals surface area contributed by atoms with E-state index in [1.807, 2.05) is 0 Å². The Labute approximate surface area is 143 Å². The van der Waals surface area contributed by atoms with Crippen molar-refractivity contribution in [1.29, 1.82) is 0 Å². The number of aryl methyl sites for hydroxylation is 1. The second-order valence-electron chi connectivity index (χ2n) is 5.24. The molecule has 6 heteroatoms. The predicted molar refractivity (Wildman–Crippen MR) is 93.5 cm³/mol. The number of pyridine rings is 2. The van der Waals surface area contributed by atoms with E-state index in [1.54, 1.807) is 44.2 Å². The van der Waals surface area contributed by atoms with Gasteiger partial charge in [-0.1, -0.05) is 23.7 Å². The summed E-state index contributed by atoms with van der Waals surface area (Å²) in [6.07, 6.45) is 1.53. The lowest BCUT2D eigenvalue weighted by atomic mass is 9.95. The van der Waals surface area contributed by atoms with Gasteiger partial charge in [-0.2, -0.15) is 0 Å². The van der Waals surface area contributed by atoms with Gasteiger partial charge in [-0.05, 0) is 37.6 Å². The van der Waals surface area contributed by atoms with Crippen LogP contribution in [-0.4, -0.2) is 22.5 Å². The number of H-pyrrole nitrogens is 1. The monoisotopic (exact) mass is 342 g/mol. The molecule has 2 aromatic heterocycles. The molecule has 0 saturated heterocycles. The molecule has 0 unspecified atom stereocenters. The largest absolute Gasteiger partial charge is 0.462 e. The Hall–Kier alpha value is -2.66. The Kier molecular flexibility index (Phi) is 4.36. The second kappa shape index (κ2) is 6.45. The summed E-state index contributed by atoms with van der Waals surface area (Å²) in [7, 11) is 0. The van der Waals surface area contributed by atoms with Crippen LogP contribution >= 0.6 is 11.6 Å². The van der Waals surface area contributed by atoms with Crippen LogP contribution in [0.3, 0.4) is 0 Å². The standard InChI is InChI=1S/C18H15ClN2O3/c1-3-24-18(23)14-10(2)21-13-8-9-20-17(22)16(13)15(14)11-4-6-12(19)7-5-11/h4-9H,3H2,1-2H3,(H,20,22). The summed E-state index contributed by atoms with van der Waals surface area (Å²) in [6, 6.07) is 8.67. The fraction of sp³-hybridized carbons (Fsp3) is 0.167. The van der Waals surface area contributed by atoms with Gasteiger partial charge in [-0.3, -0.25) is 9.78 Å². The van der Waals surface area contributed by atoms with Gasteiger partial charge in [0.2, 0.25) is 0 Å². The number of ether oxygens (including phenoxy) is 1. The average molecular weight is 343 g/mol. The number of rotatable bonds is 3. The normalized spacial score (nSPS) is 10.8. The van der Waals surface area contributed by atoms with E-state index in [0.29, 0.717) is 38.3 Å². The van der Waals surface area contributed by atoms with E-state index in [9.17, 15) is 9.59 Å². The summed E-state index contributed by atoms with van der Waals surface area (Å²) in [4.78, 5) is 31.9. The zero-order valence-electron chi connectivity index (χ0n) is 13.2. The smallest absolute Gasteiger partial charge is 0.340 e. The topological polar surface area (TPSA) is 72.0 Å². The maximum atomic E-state index is 12.5. The van der Waals surface area contributed by atoms with Crippen LogP contribution in [0.25, 0.3) is 22.0 Å². The van der Waals surface area contributed by atoms with E-state index in [4.69, 9.17) is 16.3 Å². The molecule has 0 bridgehead atoms. The van der Waals surface area contributed by atoms with Gasteiger partial charge in [0.05, 0.1) is 28.8 Å². The van der Waals surface area contributed by atoms with Crippen LogP contribution in [0.15, 0.2) is 41.3 Å². The number of esters is 1. The zero-order valence-corrected chi connectivity index (χ0v) is 14.0. The van der Waals surface area contributed by atoms with Gasteiger partial charge in [-0.25, -0.2) is 4.79 Å². The van der Waals surface area contributed by atoms with Crippen LogP contribution in [0.2, 0.25) is 5.02 Å². The first-order valence-electron chi connectivity index (χ1n) is 7.48. The predicted octanol–water partition coefficient (Wildman–Crippen LogP) is 3.73. The molecule has 2 heterocycles. The minimum atomic E-state index is -0.502. The molecule has 1 aromatic carbocycles. The molecular weight excluding hydrogens is 328 g/mol. The number of hydrogen-bond donors (Lipinski definition) is 1. The molecule has 3 rings (SSSR count). The first kappa shape index (κ1) is 16.2. The third-order valence-corrected chi connectivity index (χ3v) is 3.95. The SMILES string of the molecule is CCOC(=O)c1c(C)nc2cc[nH]c(=O)c2c1-c1ccc(Cl)cc1. The molecule has 0 aliphatic rings. The van der Waals surface area contributed by atoms with Crippen LogP contribution in [0.1, 0.15) is 23.0 Å². The molecule has 3 aromatic rings. The van der Waals surface area contributed by atoms with E-state index < -0.39 is 5.97 Å².